The number of hydrogen-bond acceptors (Lipinski definition) is 4. The van der Waals surface area contributed by atoms with Gasteiger partial charge >= 0.3 is 0 Å². The predicted octanol–water partition coefficient (Wildman–Crippen LogP) is 4.38. The van der Waals surface area contributed by atoms with E-state index in [-0.39, 0.29) is 11.8 Å². The third kappa shape index (κ3) is 4.34. The van der Waals surface area contributed by atoms with Crippen LogP contribution in [0.25, 0.3) is 5.69 Å². The zero-order valence-electron chi connectivity index (χ0n) is 18.0. The molecule has 0 saturated carbocycles. The third-order valence-corrected chi connectivity index (χ3v) is 5.51. The maximum Gasteiger partial charge on any atom is 0.265 e. The lowest BCUT2D eigenvalue weighted by atomic mass is 10.1. The summed E-state index contributed by atoms with van der Waals surface area (Å²) in [7, 11) is 0. The molecule has 0 fully saturated rings. The Morgan fingerprint density at radius 2 is 1.73 bits per heavy atom. The van der Waals surface area contributed by atoms with E-state index in [0.29, 0.717) is 23.4 Å². The van der Waals surface area contributed by atoms with Crippen LogP contribution in [0.3, 0.4) is 0 Å². The number of carbonyl (C=O) groups excluding carboxylic acids is 2. The van der Waals surface area contributed by atoms with Crippen molar-refractivity contribution in [2.24, 2.45) is 0 Å². The van der Waals surface area contributed by atoms with Crippen LogP contribution in [-0.4, -0.2) is 27.7 Å². The molecule has 2 N–H and O–H groups in total. The summed E-state index contributed by atoms with van der Waals surface area (Å²) in [4.78, 5) is 25.5. The number of benzene rings is 3. The van der Waals surface area contributed by atoms with Crippen LogP contribution >= 0.6 is 0 Å². The molecule has 33 heavy (non-hydrogen) atoms. The molecule has 1 aliphatic rings. The zero-order valence-corrected chi connectivity index (χ0v) is 18.0. The number of rotatable bonds is 5. The maximum absolute atomic E-state index is 12.9. The van der Waals surface area contributed by atoms with E-state index in [2.05, 4.69) is 15.7 Å². The highest BCUT2D eigenvalue weighted by Gasteiger charge is 2.28. The molecule has 0 bridgehead atoms. The van der Waals surface area contributed by atoms with Gasteiger partial charge in [0.2, 0.25) is 0 Å². The van der Waals surface area contributed by atoms with Gasteiger partial charge in [0.05, 0.1) is 5.69 Å². The van der Waals surface area contributed by atoms with Crippen molar-refractivity contribution in [1.29, 1.82) is 0 Å². The van der Waals surface area contributed by atoms with Crippen LogP contribution in [-0.2, 0) is 11.2 Å². The quantitative estimate of drug-likeness (QED) is 0.484. The van der Waals surface area contributed by atoms with Gasteiger partial charge in [0, 0.05) is 35.2 Å². The minimum Gasteiger partial charge on any atom is -0.480 e. The van der Waals surface area contributed by atoms with E-state index < -0.39 is 6.10 Å². The standard InChI is InChI=1S/C26H22N4O3/c1-17-12-13-27-30(17)22-10-5-9-21(16-22)28-25(31)19-7-4-8-20(14-19)29-26(32)24-15-18-6-2-3-11-23(18)33-24/h2-14,16,24H,15H2,1H3,(H,28,31)(H,29,32). The first-order chi connectivity index (χ1) is 16.1. The van der Waals surface area contributed by atoms with E-state index in [0.717, 1.165) is 22.7 Å². The summed E-state index contributed by atoms with van der Waals surface area (Å²) in [5.74, 6) is 0.217. The van der Waals surface area contributed by atoms with Gasteiger partial charge < -0.3 is 15.4 Å². The lowest BCUT2D eigenvalue weighted by Crippen LogP contribution is -2.31. The first-order valence-corrected chi connectivity index (χ1v) is 10.6. The average Bonchev–Trinajstić information content (AvgIpc) is 3.45. The lowest BCUT2D eigenvalue weighted by Gasteiger charge is -2.13. The minimum absolute atomic E-state index is 0.244. The van der Waals surface area contributed by atoms with Gasteiger partial charge in [-0.1, -0.05) is 30.3 Å². The molecule has 7 nitrogen and oxygen atoms in total. The maximum atomic E-state index is 12.9. The Kier molecular flexibility index (Phi) is 5.36. The normalized spacial score (nSPS) is 14.3. The molecular weight excluding hydrogens is 416 g/mol. The summed E-state index contributed by atoms with van der Waals surface area (Å²) < 4.78 is 7.55. The zero-order chi connectivity index (χ0) is 22.8. The third-order valence-electron chi connectivity index (χ3n) is 5.51. The van der Waals surface area contributed by atoms with Crippen LogP contribution in [0.5, 0.6) is 5.75 Å². The highest BCUT2D eigenvalue weighted by molar-refractivity contribution is 6.05. The molecule has 1 atom stereocenters. The Hall–Kier alpha value is -4.39. The van der Waals surface area contributed by atoms with Gasteiger partial charge in [0.25, 0.3) is 11.8 Å². The topological polar surface area (TPSA) is 85.3 Å². The number of nitrogens with one attached hydrogen (secondary N) is 2. The molecule has 1 aliphatic heterocycles. The van der Waals surface area contributed by atoms with Gasteiger partial charge in [-0.15, -0.1) is 0 Å². The monoisotopic (exact) mass is 438 g/mol. The van der Waals surface area contributed by atoms with Gasteiger partial charge in [-0.3, -0.25) is 9.59 Å². The summed E-state index contributed by atoms with van der Waals surface area (Å²) in [5, 5.41) is 10.1. The van der Waals surface area contributed by atoms with Crippen molar-refractivity contribution in [1.82, 2.24) is 9.78 Å². The number of aryl methyl sites for hydroxylation is 1. The number of anilines is 2. The first kappa shape index (κ1) is 20.5. The van der Waals surface area contributed by atoms with E-state index in [4.69, 9.17) is 4.74 Å². The second kappa shape index (κ2) is 8.63. The molecule has 0 saturated heterocycles. The number of ether oxygens (including phenoxy) is 1. The number of carbonyl (C=O) groups is 2. The summed E-state index contributed by atoms with van der Waals surface area (Å²) in [6.07, 6.45) is 1.66. The van der Waals surface area contributed by atoms with Crippen LogP contribution in [0.4, 0.5) is 11.4 Å². The van der Waals surface area contributed by atoms with Crippen LogP contribution in [0.2, 0.25) is 0 Å². The molecule has 0 radical (unpaired) electrons. The molecule has 4 aromatic rings. The molecule has 0 aliphatic carbocycles. The summed E-state index contributed by atoms with van der Waals surface area (Å²) in [5.41, 5.74) is 4.49. The highest BCUT2D eigenvalue weighted by atomic mass is 16.5. The average molecular weight is 438 g/mol. The van der Waals surface area contributed by atoms with Crippen molar-refractivity contribution < 1.29 is 14.3 Å². The number of aromatic nitrogens is 2. The SMILES string of the molecule is Cc1ccnn1-c1cccc(NC(=O)c2cccc(NC(=O)C3Cc4ccccc4O3)c2)c1. The highest BCUT2D eigenvalue weighted by Crippen LogP contribution is 2.28. The van der Waals surface area contributed by atoms with Crippen molar-refractivity contribution in [3.05, 3.63) is 102 Å². The number of para-hydroxylation sites is 1. The fourth-order valence-electron chi connectivity index (χ4n) is 3.85. The smallest absolute Gasteiger partial charge is 0.265 e. The van der Waals surface area contributed by atoms with Gasteiger partial charge in [0.1, 0.15) is 5.75 Å². The molecule has 2 amide bonds. The first-order valence-electron chi connectivity index (χ1n) is 10.6. The molecule has 2 heterocycles. The van der Waals surface area contributed by atoms with Crippen molar-refractivity contribution >= 4 is 23.2 Å². The Labute approximate surface area is 191 Å². The van der Waals surface area contributed by atoms with Crippen molar-refractivity contribution in [3.63, 3.8) is 0 Å². The van der Waals surface area contributed by atoms with Gasteiger partial charge in [-0.05, 0) is 61.0 Å². The van der Waals surface area contributed by atoms with E-state index >= 15 is 0 Å². The second-order valence-electron chi connectivity index (χ2n) is 7.88. The molecule has 5 rings (SSSR count). The molecular formula is C26H22N4O3. The molecule has 0 spiro atoms. The number of fused-ring (bicyclic) bond motifs is 1. The fourth-order valence-corrected chi connectivity index (χ4v) is 3.85. The Balaban J connectivity index is 1.26. The fraction of sp³-hybridized carbons (Fsp3) is 0.115. The Morgan fingerprint density at radius 3 is 2.52 bits per heavy atom. The Morgan fingerprint density at radius 1 is 0.939 bits per heavy atom. The van der Waals surface area contributed by atoms with E-state index in [1.807, 2.05) is 61.5 Å². The van der Waals surface area contributed by atoms with Crippen molar-refractivity contribution in [3.8, 4) is 11.4 Å². The van der Waals surface area contributed by atoms with Crippen molar-refractivity contribution in [2.75, 3.05) is 10.6 Å². The van der Waals surface area contributed by atoms with E-state index in [1.54, 1.807) is 35.1 Å². The Bertz CT molecular complexity index is 1320. The van der Waals surface area contributed by atoms with E-state index in [1.165, 1.54) is 0 Å². The van der Waals surface area contributed by atoms with Crippen molar-refractivity contribution in [2.45, 2.75) is 19.4 Å². The van der Waals surface area contributed by atoms with Gasteiger partial charge in [-0.2, -0.15) is 5.10 Å². The lowest BCUT2D eigenvalue weighted by molar-refractivity contribution is -0.122. The predicted molar refractivity (Wildman–Crippen MR) is 126 cm³/mol. The molecule has 1 unspecified atom stereocenters. The van der Waals surface area contributed by atoms with E-state index in [9.17, 15) is 9.59 Å². The van der Waals surface area contributed by atoms with Crippen LogP contribution in [0.15, 0.2) is 85.1 Å². The van der Waals surface area contributed by atoms with Crippen LogP contribution in [0.1, 0.15) is 21.6 Å². The molecule has 1 aromatic heterocycles. The number of nitrogens with zero attached hydrogens (tertiary/aromatic N) is 2. The molecule has 164 valence electrons. The number of amides is 2. The molecule has 7 heteroatoms. The largest absolute Gasteiger partial charge is 0.480 e. The number of hydrogen-bond donors (Lipinski definition) is 2. The summed E-state index contributed by atoms with van der Waals surface area (Å²) in [6.45, 7) is 1.97. The minimum atomic E-state index is -0.589. The van der Waals surface area contributed by atoms with Gasteiger partial charge in [0.15, 0.2) is 6.10 Å². The van der Waals surface area contributed by atoms with Gasteiger partial charge in [-0.25, -0.2) is 4.68 Å². The van der Waals surface area contributed by atoms with Crippen LogP contribution < -0.4 is 15.4 Å². The summed E-state index contributed by atoms with van der Waals surface area (Å²) >= 11 is 0. The summed E-state index contributed by atoms with van der Waals surface area (Å²) in [6, 6.07) is 23.8. The van der Waals surface area contributed by atoms with Crippen LogP contribution in [0, 0.1) is 6.92 Å². The second-order valence-corrected chi connectivity index (χ2v) is 7.88. The molecule has 3 aromatic carbocycles.